The molecule has 2 N–H and O–H groups in total. The summed E-state index contributed by atoms with van der Waals surface area (Å²) >= 11 is 5.83. The molecule has 0 spiro atoms. The molecule has 0 saturated heterocycles. The summed E-state index contributed by atoms with van der Waals surface area (Å²) in [5.41, 5.74) is 0.106. The number of anilines is 2. The van der Waals surface area contributed by atoms with Crippen molar-refractivity contribution in [3.05, 3.63) is 52.7 Å². The van der Waals surface area contributed by atoms with E-state index in [2.05, 4.69) is 15.6 Å². The van der Waals surface area contributed by atoms with E-state index in [1.165, 1.54) is 12.1 Å². The van der Waals surface area contributed by atoms with Crippen molar-refractivity contribution in [2.75, 3.05) is 17.2 Å². The molecule has 1 heterocycles. The topological polar surface area (TPSA) is 54.0 Å². The first-order chi connectivity index (χ1) is 9.99. The number of rotatable bonds is 4. The Labute approximate surface area is 125 Å². The molecule has 0 aliphatic rings. The number of hydrogen-bond acceptors (Lipinski definition) is 3. The summed E-state index contributed by atoms with van der Waals surface area (Å²) in [6.07, 6.45) is 0. The van der Waals surface area contributed by atoms with Crippen molar-refractivity contribution < 1.29 is 13.6 Å². The van der Waals surface area contributed by atoms with Crippen LogP contribution >= 0.6 is 11.6 Å². The molecule has 0 saturated carbocycles. The van der Waals surface area contributed by atoms with Crippen LogP contribution in [0.4, 0.5) is 20.3 Å². The largest absolute Gasteiger partial charge is 0.370 e. The van der Waals surface area contributed by atoms with Crippen molar-refractivity contribution in [1.29, 1.82) is 0 Å². The molecule has 2 aromatic rings. The van der Waals surface area contributed by atoms with Gasteiger partial charge in [-0.05, 0) is 31.2 Å². The maximum Gasteiger partial charge on any atom is 0.255 e. The highest BCUT2D eigenvalue weighted by molar-refractivity contribution is 6.30. The Balaban J connectivity index is 2.23. The van der Waals surface area contributed by atoms with Gasteiger partial charge in [0, 0.05) is 18.2 Å². The summed E-state index contributed by atoms with van der Waals surface area (Å²) in [6.45, 7) is 2.48. The number of pyridine rings is 1. The molecule has 2 rings (SSSR count). The van der Waals surface area contributed by atoms with Crippen molar-refractivity contribution in [2.45, 2.75) is 6.92 Å². The lowest BCUT2D eigenvalue weighted by molar-refractivity contribution is 0.102. The Bertz CT molecular complexity index is 679. The number of aromatic nitrogens is 1. The van der Waals surface area contributed by atoms with E-state index in [1.807, 2.05) is 6.92 Å². The van der Waals surface area contributed by atoms with E-state index < -0.39 is 17.5 Å². The molecule has 1 aromatic carbocycles. The quantitative estimate of drug-likeness (QED) is 0.847. The number of hydrogen-bond donors (Lipinski definition) is 2. The number of carbonyl (C=O) groups excluding carboxylic acids is 1. The van der Waals surface area contributed by atoms with Crippen LogP contribution in [0, 0.1) is 11.6 Å². The Morgan fingerprint density at radius 3 is 2.71 bits per heavy atom. The van der Waals surface area contributed by atoms with Crippen LogP contribution in [0.3, 0.4) is 0 Å². The number of carbonyl (C=O) groups is 1. The molecule has 0 fully saturated rings. The van der Waals surface area contributed by atoms with Crippen LogP contribution in [-0.4, -0.2) is 17.4 Å². The molecule has 1 aromatic heterocycles. The van der Waals surface area contributed by atoms with Crippen molar-refractivity contribution in [3.8, 4) is 0 Å². The van der Waals surface area contributed by atoms with Crippen LogP contribution < -0.4 is 10.6 Å². The third-order valence-electron chi connectivity index (χ3n) is 2.59. The number of halogens is 3. The Kier molecular flexibility index (Phi) is 4.70. The lowest BCUT2D eigenvalue weighted by Gasteiger charge is -2.09. The highest BCUT2D eigenvalue weighted by Gasteiger charge is 2.12. The fourth-order valence-corrected chi connectivity index (χ4v) is 1.89. The molecule has 7 heteroatoms. The maximum absolute atomic E-state index is 13.5. The van der Waals surface area contributed by atoms with Crippen LogP contribution in [0.1, 0.15) is 17.3 Å². The van der Waals surface area contributed by atoms with E-state index in [0.717, 1.165) is 12.1 Å². The van der Waals surface area contributed by atoms with Crippen LogP contribution in [0.2, 0.25) is 5.15 Å². The van der Waals surface area contributed by atoms with E-state index >= 15 is 0 Å². The molecule has 0 radical (unpaired) electrons. The zero-order chi connectivity index (χ0) is 15.4. The highest BCUT2D eigenvalue weighted by Crippen LogP contribution is 2.19. The Morgan fingerprint density at radius 2 is 2.05 bits per heavy atom. The first kappa shape index (κ1) is 15.2. The molecule has 1 amide bonds. The summed E-state index contributed by atoms with van der Waals surface area (Å²) in [7, 11) is 0. The Morgan fingerprint density at radius 1 is 1.29 bits per heavy atom. The minimum absolute atomic E-state index is 0.112. The molecule has 21 heavy (non-hydrogen) atoms. The molecule has 0 bridgehead atoms. The third kappa shape index (κ3) is 3.88. The average molecular weight is 312 g/mol. The minimum Gasteiger partial charge on any atom is -0.370 e. The first-order valence-electron chi connectivity index (χ1n) is 6.17. The van der Waals surface area contributed by atoms with Gasteiger partial charge < -0.3 is 10.6 Å². The van der Waals surface area contributed by atoms with Crippen molar-refractivity contribution >= 4 is 29.0 Å². The molecule has 0 unspecified atom stereocenters. The SMILES string of the molecule is CCNc1cc(C(=O)Nc2ccc(F)cc2F)cc(Cl)n1. The number of nitrogens with one attached hydrogen (secondary N) is 2. The van der Waals surface area contributed by atoms with Gasteiger partial charge in [-0.2, -0.15) is 0 Å². The highest BCUT2D eigenvalue weighted by atomic mass is 35.5. The minimum atomic E-state index is -0.851. The number of amides is 1. The fourth-order valence-electron chi connectivity index (χ4n) is 1.69. The van der Waals surface area contributed by atoms with Crippen LogP contribution in [0.25, 0.3) is 0 Å². The summed E-state index contributed by atoms with van der Waals surface area (Å²) in [5, 5.41) is 5.42. The van der Waals surface area contributed by atoms with E-state index in [-0.39, 0.29) is 16.4 Å². The molecular weight excluding hydrogens is 300 g/mol. The van der Waals surface area contributed by atoms with Gasteiger partial charge in [0.2, 0.25) is 0 Å². The van der Waals surface area contributed by atoms with Crippen LogP contribution in [-0.2, 0) is 0 Å². The van der Waals surface area contributed by atoms with Gasteiger partial charge in [-0.15, -0.1) is 0 Å². The zero-order valence-corrected chi connectivity index (χ0v) is 11.8. The van der Waals surface area contributed by atoms with Crippen molar-refractivity contribution in [1.82, 2.24) is 4.98 Å². The molecule has 110 valence electrons. The van der Waals surface area contributed by atoms with Gasteiger partial charge in [0.05, 0.1) is 5.69 Å². The fraction of sp³-hybridized carbons (Fsp3) is 0.143. The van der Waals surface area contributed by atoms with Gasteiger partial charge in [-0.25, -0.2) is 13.8 Å². The van der Waals surface area contributed by atoms with Gasteiger partial charge in [-0.3, -0.25) is 4.79 Å². The second-order valence-corrected chi connectivity index (χ2v) is 4.56. The number of benzene rings is 1. The molecule has 4 nitrogen and oxygen atoms in total. The second kappa shape index (κ2) is 6.49. The summed E-state index contributed by atoms with van der Waals surface area (Å²) in [5.74, 6) is -1.69. The lowest BCUT2D eigenvalue weighted by atomic mass is 10.2. The predicted octanol–water partition coefficient (Wildman–Crippen LogP) is 3.70. The van der Waals surface area contributed by atoms with Crippen LogP contribution in [0.5, 0.6) is 0 Å². The average Bonchev–Trinajstić information content (AvgIpc) is 2.41. The summed E-state index contributed by atoms with van der Waals surface area (Å²) < 4.78 is 26.3. The summed E-state index contributed by atoms with van der Waals surface area (Å²) in [4.78, 5) is 16.1. The van der Waals surface area contributed by atoms with E-state index in [4.69, 9.17) is 11.6 Å². The molecule has 0 atom stereocenters. The molecule has 0 aliphatic carbocycles. The van der Waals surface area contributed by atoms with Crippen molar-refractivity contribution in [2.24, 2.45) is 0 Å². The summed E-state index contributed by atoms with van der Waals surface area (Å²) in [6, 6.07) is 5.75. The van der Waals surface area contributed by atoms with Gasteiger partial charge in [0.15, 0.2) is 0 Å². The van der Waals surface area contributed by atoms with E-state index in [0.29, 0.717) is 18.4 Å². The zero-order valence-electron chi connectivity index (χ0n) is 11.1. The van der Waals surface area contributed by atoms with Crippen LogP contribution in [0.15, 0.2) is 30.3 Å². The lowest BCUT2D eigenvalue weighted by Crippen LogP contribution is -2.14. The second-order valence-electron chi connectivity index (χ2n) is 4.17. The van der Waals surface area contributed by atoms with E-state index in [1.54, 1.807) is 0 Å². The van der Waals surface area contributed by atoms with Gasteiger partial charge in [0.25, 0.3) is 5.91 Å². The third-order valence-corrected chi connectivity index (χ3v) is 2.79. The predicted molar refractivity (Wildman–Crippen MR) is 77.7 cm³/mol. The Hall–Kier alpha value is -2.21. The van der Waals surface area contributed by atoms with Gasteiger partial charge in [-0.1, -0.05) is 11.6 Å². The normalized spacial score (nSPS) is 10.3. The van der Waals surface area contributed by atoms with Crippen molar-refractivity contribution in [3.63, 3.8) is 0 Å². The monoisotopic (exact) mass is 311 g/mol. The standard InChI is InChI=1S/C14H12ClF2N3O/c1-2-18-13-6-8(5-12(15)20-13)14(21)19-11-4-3-9(16)7-10(11)17/h3-7H,2H2,1H3,(H,18,20)(H,19,21). The first-order valence-corrected chi connectivity index (χ1v) is 6.55. The van der Waals surface area contributed by atoms with Gasteiger partial charge in [0.1, 0.15) is 22.6 Å². The molecular formula is C14H12ClF2N3O. The number of nitrogens with zero attached hydrogens (tertiary/aromatic N) is 1. The maximum atomic E-state index is 13.5. The molecule has 0 aliphatic heterocycles. The van der Waals surface area contributed by atoms with E-state index in [9.17, 15) is 13.6 Å². The van der Waals surface area contributed by atoms with Gasteiger partial charge >= 0.3 is 0 Å². The smallest absolute Gasteiger partial charge is 0.255 e.